The van der Waals surface area contributed by atoms with Crippen LogP contribution in [0.4, 0.5) is 0 Å². The van der Waals surface area contributed by atoms with Gasteiger partial charge in [0.25, 0.3) is 11.8 Å². The number of carbonyl (C=O) groups excluding carboxylic acids is 2. The third kappa shape index (κ3) is 5.32. The van der Waals surface area contributed by atoms with Gasteiger partial charge in [0.1, 0.15) is 11.7 Å². The Morgan fingerprint density at radius 1 is 0.611 bits per heavy atom. The van der Waals surface area contributed by atoms with Gasteiger partial charge in [-0.1, -0.05) is 60.7 Å². The van der Waals surface area contributed by atoms with Gasteiger partial charge in [0, 0.05) is 24.2 Å². The van der Waals surface area contributed by atoms with Crippen LogP contribution in [-0.2, 0) is 9.59 Å². The Morgan fingerprint density at radius 2 is 0.944 bits per heavy atom. The van der Waals surface area contributed by atoms with Crippen LogP contribution in [0.3, 0.4) is 0 Å². The molecule has 0 N–H and O–H groups in total. The first-order valence-electron chi connectivity index (χ1n) is 11.1. The third-order valence-corrected chi connectivity index (χ3v) is 9.84. The van der Waals surface area contributed by atoms with Crippen LogP contribution in [0, 0.1) is 0 Å². The number of hydrogen-bond donors (Lipinski definition) is 0. The molecular formula is C26H26N4O2S4. The van der Waals surface area contributed by atoms with Gasteiger partial charge in [-0.2, -0.15) is 0 Å². The summed E-state index contributed by atoms with van der Waals surface area (Å²) >= 11 is 6.06. The van der Waals surface area contributed by atoms with Crippen LogP contribution in [0.15, 0.2) is 90.5 Å². The number of hydrogen-bond acceptors (Lipinski definition) is 8. The Balaban J connectivity index is 1.69. The standard InChI is InChI=1S/C26H26N4O2S4/c1-33-25(34-2)19-23(31)29(21(27-19)17-11-7-5-8-12-17)15-16-30-22(18-13-9-6-10-14-18)28-20(24(30)32)26(35-3)36-4/h5-14H,15-16H2,1-4H3. The Morgan fingerprint density at radius 3 is 1.25 bits per heavy atom. The second-order valence-electron chi connectivity index (χ2n) is 7.61. The second-order valence-corrected chi connectivity index (χ2v) is 11.4. The molecule has 36 heavy (non-hydrogen) atoms. The molecule has 0 spiro atoms. The lowest BCUT2D eigenvalue weighted by atomic mass is 10.2. The Bertz CT molecular complexity index is 1160. The normalized spacial score (nSPS) is 15.6. The van der Waals surface area contributed by atoms with Crippen molar-refractivity contribution in [1.82, 2.24) is 9.80 Å². The molecule has 2 heterocycles. The molecule has 4 rings (SSSR count). The van der Waals surface area contributed by atoms with Crippen molar-refractivity contribution in [1.29, 1.82) is 0 Å². The highest BCUT2D eigenvalue weighted by Crippen LogP contribution is 2.35. The van der Waals surface area contributed by atoms with Gasteiger partial charge >= 0.3 is 0 Å². The first-order chi connectivity index (χ1) is 17.5. The van der Waals surface area contributed by atoms with E-state index in [1.807, 2.05) is 85.7 Å². The van der Waals surface area contributed by atoms with E-state index < -0.39 is 0 Å². The fraction of sp³-hybridized carbons (Fsp3) is 0.231. The zero-order chi connectivity index (χ0) is 25.7. The maximum Gasteiger partial charge on any atom is 0.279 e. The minimum Gasteiger partial charge on any atom is -0.289 e. The van der Waals surface area contributed by atoms with E-state index in [-0.39, 0.29) is 11.8 Å². The van der Waals surface area contributed by atoms with Crippen LogP contribution in [0.2, 0.25) is 0 Å². The minimum atomic E-state index is -0.151. The van der Waals surface area contributed by atoms with Crippen molar-refractivity contribution in [3.63, 3.8) is 0 Å². The molecule has 10 heteroatoms. The van der Waals surface area contributed by atoms with Gasteiger partial charge in [0.05, 0.1) is 8.47 Å². The Kier molecular flexibility index (Phi) is 9.05. The van der Waals surface area contributed by atoms with Crippen molar-refractivity contribution in [2.45, 2.75) is 0 Å². The predicted molar refractivity (Wildman–Crippen MR) is 157 cm³/mol. The summed E-state index contributed by atoms with van der Waals surface area (Å²) in [6, 6.07) is 19.4. The quantitative estimate of drug-likeness (QED) is 0.389. The van der Waals surface area contributed by atoms with Crippen molar-refractivity contribution in [3.8, 4) is 0 Å². The first kappa shape index (κ1) is 26.7. The molecule has 0 saturated heterocycles. The maximum absolute atomic E-state index is 13.5. The molecule has 0 unspecified atom stereocenters. The van der Waals surface area contributed by atoms with Crippen LogP contribution in [0.1, 0.15) is 11.1 Å². The summed E-state index contributed by atoms with van der Waals surface area (Å²) < 4.78 is 1.74. The summed E-state index contributed by atoms with van der Waals surface area (Å²) in [5, 5.41) is 0. The monoisotopic (exact) mass is 554 g/mol. The molecule has 2 aromatic rings. The van der Waals surface area contributed by atoms with Gasteiger partial charge in [-0.05, 0) is 25.0 Å². The zero-order valence-corrected chi connectivity index (χ0v) is 23.7. The summed E-state index contributed by atoms with van der Waals surface area (Å²) in [5.41, 5.74) is 2.62. The molecular weight excluding hydrogens is 529 g/mol. The van der Waals surface area contributed by atoms with Crippen molar-refractivity contribution >= 4 is 70.5 Å². The fourth-order valence-corrected chi connectivity index (χ4v) is 6.56. The van der Waals surface area contributed by atoms with Gasteiger partial charge in [0.15, 0.2) is 11.4 Å². The lowest BCUT2D eigenvalue weighted by Gasteiger charge is -2.24. The molecule has 0 aliphatic carbocycles. The molecule has 2 aliphatic rings. The number of amidine groups is 2. The lowest BCUT2D eigenvalue weighted by Crippen LogP contribution is -2.43. The molecule has 0 bridgehead atoms. The van der Waals surface area contributed by atoms with E-state index in [0.717, 1.165) is 19.6 Å². The molecule has 0 fully saturated rings. The van der Waals surface area contributed by atoms with Gasteiger partial charge < -0.3 is 0 Å². The topological polar surface area (TPSA) is 65.3 Å². The molecule has 6 nitrogen and oxygen atoms in total. The highest BCUT2D eigenvalue weighted by molar-refractivity contribution is 8.22. The second kappa shape index (κ2) is 12.2. The average Bonchev–Trinajstić information content (AvgIpc) is 3.42. The smallest absolute Gasteiger partial charge is 0.279 e. The lowest BCUT2D eigenvalue weighted by molar-refractivity contribution is -0.125. The van der Waals surface area contributed by atoms with Gasteiger partial charge in [-0.3, -0.25) is 19.4 Å². The molecule has 186 valence electrons. The van der Waals surface area contributed by atoms with Gasteiger partial charge in [-0.15, -0.1) is 47.0 Å². The molecule has 0 aromatic heterocycles. The SMILES string of the molecule is CSC(SC)=C1N=C(c2ccccc2)N(CCN2C(=O)C(=C(SC)SC)N=C2c2ccccc2)C1=O. The van der Waals surface area contributed by atoms with Crippen molar-refractivity contribution in [2.75, 3.05) is 38.1 Å². The Hall–Kier alpha value is -2.40. The summed E-state index contributed by atoms with van der Waals surface area (Å²) in [4.78, 5) is 39.9. The molecule has 0 radical (unpaired) electrons. The molecule has 2 amide bonds. The molecule has 0 saturated carbocycles. The zero-order valence-electron chi connectivity index (χ0n) is 20.4. The largest absolute Gasteiger partial charge is 0.289 e. The van der Waals surface area contributed by atoms with E-state index in [1.165, 1.54) is 47.0 Å². The summed E-state index contributed by atoms with van der Waals surface area (Å²) in [6.07, 6.45) is 7.78. The number of benzene rings is 2. The van der Waals surface area contributed by atoms with E-state index in [2.05, 4.69) is 0 Å². The van der Waals surface area contributed by atoms with Gasteiger partial charge in [0.2, 0.25) is 0 Å². The number of amides is 2. The molecule has 0 atom stereocenters. The highest BCUT2D eigenvalue weighted by atomic mass is 32.2. The number of nitrogens with zero attached hydrogens (tertiary/aromatic N) is 4. The van der Waals surface area contributed by atoms with Crippen molar-refractivity contribution < 1.29 is 9.59 Å². The van der Waals surface area contributed by atoms with E-state index in [0.29, 0.717) is 36.2 Å². The van der Waals surface area contributed by atoms with E-state index in [1.54, 1.807) is 9.80 Å². The van der Waals surface area contributed by atoms with Crippen LogP contribution in [0.5, 0.6) is 0 Å². The van der Waals surface area contributed by atoms with Crippen molar-refractivity contribution in [3.05, 3.63) is 91.7 Å². The first-order valence-corrected chi connectivity index (χ1v) is 16.0. The summed E-state index contributed by atoms with van der Waals surface area (Å²) in [6.45, 7) is 0.593. The maximum atomic E-state index is 13.5. The van der Waals surface area contributed by atoms with Crippen molar-refractivity contribution in [2.24, 2.45) is 9.98 Å². The highest BCUT2D eigenvalue weighted by Gasteiger charge is 2.37. The number of aliphatic imine (C=N–C) groups is 2. The van der Waals surface area contributed by atoms with Crippen LogP contribution in [-0.4, -0.2) is 71.4 Å². The number of carbonyl (C=O) groups is 2. The summed E-state index contributed by atoms with van der Waals surface area (Å²) in [7, 11) is 0. The van der Waals surface area contributed by atoms with E-state index in [4.69, 9.17) is 9.98 Å². The van der Waals surface area contributed by atoms with Crippen LogP contribution < -0.4 is 0 Å². The average molecular weight is 555 g/mol. The van der Waals surface area contributed by atoms with E-state index >= 15 is 0 Å². The Labute approximate surface area is 228 Å². The van der Waals surface area contributed by atoms with Gasteiger partial charge in [-0.25, -0.2) is 9.98 Å². The van der Waals surface area contributed by atoms with Crippen LogP contribution >= 0.6 is 47.0 Å². The molecule has 2 aliphatic heterocycles. The van der Waals surface area contributed by atoms with Crippen LogP contribution in [0.25, 0.3) is 0 Å². The summed E-state index contributed by atoms with van der Waals surface area (Å²) in [5.74, 6) is 0.903. The predicted octanol–water partition coefficient (Wildman–Crippen LogP) is 5.35. The molecule has 2 aromatic carbocycles. The minimum absolute atomic E-state index is 0.151. The fourth-order valence-electron chi connectivity index (χ4n) is 3.93. The van der Waals surface area contributed by atoms with E-state index in [9.17, 15) is 9.59 Å². The number of rotatable bonds is 9. The number of thioether (sulfide) groups is 4. The third-order valence-electron chi connectivity index (χ3n) is 5.58.